The molecule has 0 aliphatic carbocycles. The van der Waals surface area contributed by atoms with Crippen molar-refractivity contribution >= 4 is 17.9 Å². The first kappa shape index (κ1) is 17.1. The number of hydrogen-bond acceptors (Lipinski definition) is 2. The van der Waals surface area contributed by atoms with Crippen molar-refractivity contribution < 1.29 is 18.3 Å². The summed E-state index contributed by atoms with van der Waals surface area (Å²) in [6.07, 6.45) is 0.645. The molecule has 0 radical (unpaired) electrons. The van der Waals surface area contributed by atoms with Crippen molar-refractivity contribution in [2.45, 2.75) is 6.61 Å². The van der Waals surface area contributed by atoms with Gasteiger partial charge in [-0.3, -0.25) is 4.79 Å². The quantitative estimate of drug-likeness (QED) is 0.433. The Kier molecular flexibility index (Phi) is 5.10. The van der Waals surface area contributed by atoms with Gasteiger partial charge in [-0.15, -0.1) is 0 Å². The average molecular weight is 359 g/mol. The third kappa shape index (κ3) is 3.86. The van der Waals surface area contributed by atoms with Crippen LogP contribution in [-0.2, 0) is 6.61 Å². The lowest BCUT2D eigenvalue weighted by Crippen LogP contribution is -1.98. The van der Waals surface area contributed by atoms with Crippen molar-refractivity contribution in [3.05, 3.63) is 88.4 Å². The predicted molar refractivity (Wildman–Crippen MR) is 93.0 cm³/mol. The second kappa shape index (κ2) is 7.45. The summed E-state index contributed by atoms with van der Waals surface area (Å²) >= 11 is 5.49. The molecule has 0 saturated heterocycles. The number of rotatable bonds is 5. The van der Waals surface area contributed by atoms with Gasteiger partial charge in [0.15, 0.2) is 6.29 Å². The number of benzene rings is 3. The first-order valence-corrected chi connectivity index (χ1v) is 7.87. The van der Waals surface area contributed by atoms with Gasteiger partial charge in [-0.25, -0.2) is 8.78 Å². The highest BCUT2D eigenvalue weighted by atomic mass is 35.5. The Morgan fingerprint density at radius 1 is 0.920 bits per heavy atom. The zero-order valence-electron chi connectivity index (χ0n) is 13.0. The van der Waals surface area contributed by atoms with E-state index in [2.05, 4.69) is 0 Å². The lowest BCUT2D eigenvalue weighted by Gasteiger charge is -2.11. The van der Waals surface area contributed by atoms with E-state index in [1.54, 1.807) is 12.1 Å². The fourth-order valence-electron chi connectivity index (χ4n) is 2.41. The van der Waals surface area contributed by atoms with Crippen LogP contribution in [-0.4, -0.2) is 6.29 Å². The number of ether oxygens (including phenoxy) is 1. The fraction of sp³-hybridized carbons (Fsp3) is 0.0500. The lowest BCUT2D eigenvalue weighted by molar-refractivity contribution is 0.111. The number of carbonyl (C=O) groups excluding carboxylic acids is 1. The molecule has 0 N–H and O–H groups in total. The molecule has 5 heteroatoms. The third-order valence-electron chi connectivity index (χ3n) is 3.69. The van der Waals surface area contributed by atoms with Gasteiger partial charge in [-0.1, -0.05) is 48.0 Å². The van der Waals surface area contributed by atoms with Gasteiger partial charge in [0.1, 0.15) is 29.0 Å². The van der Waals surface area contributed by atoms with Crippen molar-refractivity contribution in [2.75, 3.05) is 0 Å². The van der Waals surface area contributed by atoms with E-state index in [1.807, 2.05) is 30.3 Å². The minimum absolute atomic E-state index is 0.289. The van der Waals surface area contributed by atoms with Crippen LogP contribution in [0.4, 0.5) is 8.78 Å². The Morgan fingerprint density at radius 3 is 2.24 bits per heavy atom. The molecule has 126 valence electrons. The van der Waals surface area contributed by atoms with Crippen LogP contribution in [0.1, 0.15) is 15.9 Å². The standard InChI is InChI=1S/C20H13ClF2O2/c21-20-17(22)9-15(10-18(20)23)14-6-7-19(16(8-14)11-24)25-12-13-4-2-1-3-5-13/h1-11H,12H2. The van der Waals surface area contributed by atoms with Crippen molar-refractivity contribution in [3.63, 3.8) is 0 Å². The van der Waals surface area contributed by atoms with Gasteiger partial charge >= 0.3 is 0 Å². The van der Waals surface area contributed by atoms with Crippen LogP contribution in [0.15, 0.2) is 60.7 Å². The summed E-state index contributed by atoms with van der Waals surface area (Å²) in [7, 11) is 0. The summed E-state index contributed by atoms with van der Waals surface area (Å²) in [5.74, 6) is -1.31. The van der Waals surface area contributed by atoms with Crippen molar-refractivity contribution in [3.8, 4) is 16.9 Å². The van der Waals surface area contributed by atoms with Crippen molar-refractivity contribution in [2.24, 2.45) is 0 Å². The SMILES string of the molecule is O=Cc1cc(-c2cc(F)c(Cl)c(F)c2)ccc1OCc1ccccc1. The van der Waals surface area contributed by atoms with Crippen LogP contribution in [0.2, 0.25) is 5.02 Å². The minimum atomic E-state index is -0.853. The molecule has 2 nitrogen and oxygen atoms in total. The van der Waals surface area contributed by atoms with Gasteiger partial charge in [0.05, 0.1) is 5.56 Å². The molecule has 3 aromatic rings. The summed E-state index contributed by atoms with van der Waals surface area (Å²) in [6, 6.07) is 16.5. The molecule has 0 amide bonds. The molecule has 0 aliphatic heterocycles. The van der Waals surface area contributed by atoms with Gasteiger partial charge < -0.3 is 4.74 Å². The molecule has 0 spiro atoms. The average Bonchev–Trinajstić information content (AvgIpc) is 2.64. The van der Waals surface area contributed by atoms with E-state index in [1.165, 1.54) is 6.07 Å². The Labute approximate surface area is 148 Å². The van der Waals surface area contributed by atoms with Crippen LogP contribution in [0.25, 0.3) is 11.1 Å². The van der Waals surface area contributed by atoms with Crippen molar-refractivity contribution in [1.82, 2.24) is 0 Å². The summed E-state index contributed by atoms with van der Waals surface area (Å²) in [5, 5.41) is -0.554. The Hall–Kier alpha value is -2.72. The Balaban J connectivity index is 1.88. The second-order valence-electron chi connectivity index (χ2n) is 5.40. The van der Waals surface area contributed by atoms with E-state index in [4.69, 9.17) is 16.3 Å². The van der Waals surface area contributed by atoms with E-state index >= 15 is 0 Å². The first-order valence-electron chi connectivity index (χ1n) is 7.49. The van der Waals surface area contributed by atoms with Gasteiger partial charge in [0.25, 0.3) is 0 Å². The highest BCUT2D eigenvalue weighted by Crippen LogP contribution is 2.30. The molecule has 0 unspecified atom stereocenters. The normalized spacial score (nSPS) is 10.5. The Bertz CT molecular complexity index is 888. The van der Waals surface area contributed by atoms with E-state index in [9.17, 15) is 13.6 Å². The molecule has 0 heterocycles. The summed E-state index contributed by atoms with van der Waals surface area (Å²) in [5.41, 5.74) is 2.04. The van der Waals surface area contributed by atoms with E-state index < -0.39 is 16.7 Å². The van der Waals surface area contributed by atoms with Crippen LogP contribution >= 0.6 is 11.6 Å². The highest BCUT2D eigenvalue weighted by Gasteiger charge is 2.12. The highest BCUT2D eigenvalue weighted by molar-refractivity contribution is 6.31. The maximum Gasteiger partial charge on any atom is 0.153 e. The minimum Gasteiger partial charge on any atom is -0.488 e. The molecular weight excluding hydrogens is 346 g/mol. The molecule has 0 bridgehead atoms. The van der Waals surface area contributed by atoms with E-state index in [-0.39, 0.29) is 5.56 Å². The first-order chi connectivity index (χ1) is 12.1. The molecule has 0 aromatic heterocycles. The number of hydrogen-bond donors (Lipinski definition) is 0. The van der Waals surface area contributed by atoms with Gasteiger partial charge in [0, 0.05) is 0 Å². The zero-order chi connectivity index (χ0) is 17.8. The number of aldehydes is 1. The fourth-order valence-corrected chi connectivity index (χ4v) is 2.52. The number of halogens is 3. The monoisotopic (exact) mass is 358 g/mol. The van der Waals surface area contributed by atoms with Gasteiger partial charge in [0.2, 0.25) is 0 Å². The largest absolute Gasteiger partial charge is 0.488 e. The van der Waals surface area contributed by atoms with Crippen LogP contribution in [0.3, 0.4) is 0 Å². The predicted octanol–water partition coefficient (Wildman–Crippen LogP) is 5.68. The third-order valence-corrected chi connectivity index (χ3v) is 4.05. The second-order valence-corrected chi connectivity index (χ2v) is 5.78. The van der Waals surface area contributed by atoms with Gasteiger partial charge in [-0.05, 0) is 41.0 Å². The smallest absolute Gasteiger partial charge is 0.153 e. The maximum absolute atomic E-state index is 13.6. The van der Waals surface area contributed by atoms with Crippen LogP contribution in [0, 0.1) is 11.6 Å². The van der Waals surface area contributed by atoms with E-state index in [0.29, 0.717) is 29.8 Å². The zero-order valence-corrected chi connectivity index (χ0v) is 13.8. The summed E-state index contributed by atoms with van der Waals surface area (Å²) in [6.45, 7) is 0.311. The summed E-state index contributed by atoms with van der Waals surface area (Å²) < 4.78 is 32.9. The molecule has 0 saturated carbocycles. The topological polar surface area (TPSA) is 26.3 Å². The molecule has 3 rings (SSSR count). The molecule has 25 heavy (non-hydrogen) atoms. The van der Waals surface area contributed by atoms with Crippen molar-refractivity contribution in [1.29, 1.82) is 0 Å². The van der Waals surface area contributed by atoms with Crippen LogP contribution < -0.4 is 4.74 Å². The van der Waals surface area contributed by atoms with E-state index in [0.717, 1.165) is 17.7 Å². The molecule has 0 aliphatic rings. The summed E-state index contributed by atoms with van der Waals surface area (Å²) in [4.78, 5) is 11.4. The van der Waals surface area contributed by atoms with Crippen LogP contribution in [0.5, 0.6) is 5.75 Å². The molecule has 3 aromatic carbocycles. The molecule has 0 atom stereocenters. The molecule has 0 fully saturated rings. The maximum atomic E-state index is 13.6. The Morgan fingerprint density at radius 2 is 1.60 bits per heavy atom. The lowest BCUT2D eigenvalue weighted by atomic mass is 10.0. The number of carbonyl (C=O) groups is 1. The van der Waals surface area contributed by atoms with Gasteiger partial charge in [-0.2, -0.15) is 0 Å². The molecular formula is C20H13ClF2O2.